The monoisotopic (exact) mass is 212 g/mol. The minimum atomic E-state index is -1.20. The van der Waals surface area contributed by atoms with Crippen molar-refractivity contribution >= 4 is 11.9 Å². The second-order valence-corrected chi connectivity index (χ2v) is 3.83. The molecule has 0 aliphatic heterocycles. The van der Waals surface area contributed by atoms with Crippen molar-refractivity contribution in [2.45, 2.75) is 27.7 Å². The molecule has 0 aromatic heterocycles. The van der Waals surface area contributed by atoms with E-state index < -0.39 is 17.4 Å². The number of aliphatic carboxylic acids is 2. The SMILES string of the molecule is CC=CC(C)(C)C(C(=O)O)=C(C)C(=O)O. The lowest BCUT2D eigenvalue weighted by Crippen LogP contribution is -2.23. The molecule has 4 nitrogen and oxygen atoms in total. The normalized spacial score (nSPS) is 13.9. The maximum atomic E-state index is 11.0. The number of carboxylic acids is 2. The average Bonchev–Trinajstić information content (AvgIpc) is 2.01. The van der Waals surface area contributed by atoms with Gasteiger partial charge in [-0.3, -0.25) is 0 Å². The Morgan fingerprint density at radius 1 is 1.13 bits per heavy atom. The number of allylic oxidation sites excluding steroid dienone is 2. The molecule has 0 fully saturated rings. The second-order valence-electron chi connectivity index (χ2n) is 3.83. The number of carbonyl (C=O) groups is 2. The lowest BCUT2D eigenvalue weighted by atomic mass is 9.81. The quantitative estimate of drug-likeness (QED) is 0.552. The number of carboxylic acid groups (broad SMARTS) is 2. The van der Waals surface area contributed by atoms with E-state index in [2.05, 4.69) is 0 Å². The molecule has 0 aromatic carbocycles. The summed E-state index contributed by atoms with van der Waals surface area (Å²) < 4.78 is 0. The largest absolute Gasteiger partial charge is 0.478 e. The standard InChI is InChI=1S/C11H16O4/c1-5-6-11(3,4)8(10(14)15)7(2)9(12)13/h5-6H,1-4H3,(H,12,13)(H,14,15). The summed E-state index contributed by atoms with van der Waals surface area (Å²) in [5, 5.41) is 17.8. The van der Waals surface area contributed by atoms with Gasteiger partial charge in [-0.1, -0.05) is 26.0 Å². The van der Waals surface area contributed by atoms with Crippen LogP contribution in [0.5, 0.6) is 0 Å². The highest BCUT2D eigenvalue weighted by Gasteiger charge is 2.29. The summed E-state index contributed by atoms with van der Waals surface area (Å²) in [5.74, 6) is -2.40. The van der Waals surface area contributed by atoms with Crippen LogP contribution in [0, 0.1) is 5.41 Å². The highest BCUT2D eigenvalue weighted by Crippen LogP contribution is 2.30. The average molecular weight is 212 g/mol. The van der Waals surface area contributed by atoms with Crippen LogP contribution >= 0.6 is 0 Å². The zero-order valence-corrected chi connectivity index (χ0v) is 9.37. The molecule has 2 N–H and O–H groups in total. The molecule has 0 aliphatic carbocycles. The van der Waals surface area contributed by atoms with Gasteiger partial charge >= 0.3 is 11.9 Å². The first kappa shape index (κ1) is 13.4. The fraction of sp³-hybridized carbons (Fsp3) is 0.455. The summed E-state index contributed by atoms with van der Waals surface area (Å²) in [4.78, 5) is 21.8. The Labute approximate surface area is 88.9 Å². The van der Waals surface area contributed by atoms with Gasteiger partial charge in [0.2, 0.25) is 0 Å². The Hall–Kier alpha value is -1.58. The maximum absolute atomic E-state index is 11.0. The van der Waals surface area contributed by atoms with Gasteiger partial charge in [-0.2, -0.15) is 0 Å². The van der Waals surface area contributed by atoms with Gasteiger partial charge < -0.3 is 10.2 Å². The predicted molar refractivity (Wildman–Crippen MR) is 56.6 cm³/mol. The van der Waals surface area contributed by atoms with Gasteiger partial charge in [-0.15, -0.1) is 0 Å². The molecule has 0 aliphatic rings. The van der Waals surface area contributed by atoms with E-state index >= 15 is 0 Å². The molecule has 0 saturated heterocycles. The van der Waals surface area contributed by atoms with Crippen LogP contribution in [0.2, 0.25) is 0 Å². The van der Waals surface area contributed by atoms with Crippen LogP contribution < -0.4 is 0 Å². The molecular weight excluding hydrogens is 196 g/mol. The Kier molecular flexibility index (Phi) is 4.27. The highest BCUT2D eigenvalue weighted by molar-refractivity contribution is 5.99. The summed E-state index contributed by atoms with van der Waals surface area (Å²) >= 11 is 0. The molecule has 0 radical (unpaired) electrons. The number of hydrogen-bond acceptors (Lipinski definition) is 2. The molecule has 0 bridgehead atoms. The minimum absolute atomic E-state index is 0.0897. The molecular formula is C11H16O4. The molecule has 0 rings (SSSR count). The van der Waals surface area contributed by atoms with Crippen LogP contribution in [0.1, 0.15) is 27.7 Å². The lowest BCUT2D eigenvalue weighted by molar-refractivity contribution is -0.136. The van der Waals surface area contributed by atoms with E-state index in [1.54, 1.807) is 32.9 Å². The van der Waals surface area contributed by atoms with E-state index in [9.17, 15) is 9.59 Å². The van der Waals surface area contributed by atoms with Crippen molar-refractivity contribution in [1.82, 2.24) is 0 Å². The Balaban J connectivity index is 5.63. The summed E-state index contributed by atoms with van der Waals surface area (Å²) in [5.41, 5.74) is -1.01. The number of rotatable bonds is 4. The van der Waals surface area contributed by atoms with Crippen molar-refractivity contribution in [3.05, 3.63) is 23.3 Å². The van der Waals surface area contributed by atoms with Crippen LogP contribution in [-0.2, 0) is 9.59 Å². The third-order valence-corrected chi connectivity index (χ3v) is 2.14. The zero-order chi connectivity index (χ0) is 12.2. The summed E-state index contributed by atoms with van der Waals surface area (Å²) in [6.45, 7) is 6.40. The van der Waals surface area contributed by atoms with Gasteiger partial charge in [0.1, 0.15) is 0 Å². The smallest absolute Gasteiger partial charge is 0.332 e. The third-order valence-electron chi connectivity index (χ3n) is 2.14. The molecule has 0 atom stereocenters. The predicted octanol–water partition coefficient (Wildman–Crippen LogP) is 2.07. The number of hydrogen-bond donors (Lipinski definition) is 2. The molecule has 15 heavy (non-hydrogen) atoms. The van der Waals surface area contributed by atoms with Gasteiger partial charge in [-0.25, -0.2) is 9.59 Å². The van der Waals surface area contributed by atoms with Gasteiger partial charge in [0, 0.05) is 11.0 Å². The zero-order valence-electron chi connectivity index (χ0n) is 9.37. The van der Waals surface area contributed by atoms with E-state index in [1.165, 1.54) is 6.92 Å². The topological polar surface area (TPSA) is 74.6 Å². The fourth-order valence-electron chi connectivity index (χ4n) is 1.53. The molecule has 0 heterocycles. The lowest BCUT2D eigenvalue weighted by Gasteiger charge is -2.22. The van der Waals surface area contributed by atoms with Crippen molar-refractivity contribution in [2.75, 3.05) is 0 Å². The van der Waals surface area contributed by atoms with Gasteiger partial charge in [-0.05, 0) is 13.8 Å². The van der Waals surface area contributed by atoms with E-state index in [0.717, 1.165) is 0 Å². The van der Waals surface area contributed by atoms with Crippen LogP contribution in [0.4, 0.5) is 0 Å². The Morgan fingerprint density at radius 3 is 1.87 bits per heavy atom. The van der Waals surface area contributed by atoms with Crippen molar-refractivity contribution in [1.29, 1.82) is 0 Å². The Bertz CT molecular complexity index is 334. The van der Waals surface area contributed by atoms with Crippen molar-refractivity contribution in [2.24, 2.45) is 5.41 Å². The molecule has 84 valence electrons. The van der Waals surface area contributed by atoms with E-state index in [0.29, 0.717) is 0 Å². The first-order valence-corrected chi connectivity index (χ1v) is 4.55. The Morgan fingerprint density at radius 2 is 1.60 bits per heavy atom. The molecule has 4 heteroatoms. The maximum Gasteiger partial charge on any atom is 0.332 e. The van der Waals surface area contributed by atoms with E-state index in [-0.39, 0.29) is 11.1 Å². The molecule has 0 amide bonds. The molecule has 0 spiro atoms. The molecule has 0 saturated carbocycles. The molecule has 0 aromatic rings. The summed E-state index contributed by atoms with van der Waals surface area (Å²) in [6, 6.07) is 0. The van der Waals surface area contributed by atoms with Crippen LogP contribution in [0.25, 0.3) is 0 Å². The fourth-order valence-corrected chi connectivity index (χ4v) is 1.53. The first-order valence-electron chi connectivity index (χ1n) is 4.55. The summed E-state index contributed by atoms with van der Waals surface area (Å²) in [6.07, 6.45) is 3.38. The summed E-state index contributed by atoms with van der Waals surface area (Å²) in [7, 11) is 0. The van der Waals surface area contributed by atoms with E-state index in [1.807, 2.05) is 0 Å². The van der Waals surface area contributed by atoms with Gasteiger partial charge in [0.15, 0.2) is 0 Å². The van der Waals surface area contributed by atoms with Gasteiger partial charge in [0.25, 0.3) is 0 Å². The van der Waals surface area contributed by atoms with Crippen LogP contribution in [0.15, 0.2) is 23.3 Å². The molecule has 0 unspecified atom stereocenters. The third kappa shape index (κ3) is 3.23. The minimum Gasteiger partial charge on any atom is -0.478 e. The van der Waals surface area contributed by atoms with Crippen molar-refractivity contribution in [3.63, 3.8) is 0 Å². The van der Waals surface area contributed by atoms with Crippen LogP contribution in [0.3, 0.4) is 0 Å². The van der Waals surface area contributed by atoms with Crippen LogP contribution in [-0.4, -0.2) is 22.2 Å². The second kappa shape index (κ2) is 4.77. The van der Waals surface area contributed by atoms with E-state index in [4.69, 9.17) is 10.2 Å². The first-order chi connectivity index (χ1) is 6.74. The van der Waals surface area contributed by atoms with Crippen molar-refractivity contribution < 1.29 is 19.8 Å². The van der Waals surface area contributed by atoms with Gasteiger partial charge in [0.05, 0.1) is 5.57 Å². The highest BCUT2D eigenvalue weighted by atomic mass is 16.4. The van der Waals surface area contributed by atoms with Crippen molar-refractivity contribution in [3.8, 4) is 0 Å².